The fourth-order valence-corrected chi connectivity index (χ4v) is 15.1. The van der Waals surface area contributed by atoms with Gasteiger partial charge in [-0.2, -0.15) is 0 Å². The number of fused-ring (bicyclic) bond motifs is 21. The Kier molecular flexibility index (Phi) is 9.14. The van der Waals surface area contributed by atoms with Crippen LogP contribution in [-0.4, -0.2) is 0 Å². The molecule has 0 atom stereocenters. The summed E-state index contributed by atoms with van der Waals surface area (Å²) >= 11 is 1.86. The molecule has 0 bridgehead atoms. The number of para-hydroxylation sites is 4. The molecule has 78 heavy (non-hydrogen) atoms. The van der Waals surface area contributed by atoms with Crippen molar-refractivity contribution >= 4 is 48.6 Å². The molecule has 2 spiro atoms. The highest BCUT2D eigenvalue weighted by atomic mass is 32.1. The first-order chi connectivity index (χ1) is 38.6. The van der Waals surface area contributed by atoms with Crippen LogP contribution < -0.4 is 14.4 Å². The lowest BCUT2D eigenvalue weighted by Gasteiger charge is -2.39. The smallest absolute Gasteiger partial charge is 0.132 e. The molecule has 0 N–H and O–H groups in total. The first kappa shape index (κ1) is 43.5. The molecule has 4 aliphatic rings. The summed E-state index contributed by atoms with van der Waals surface area (Å²) in [5, 5.41) is 2.61. The summed E-state index contributed by atoms with van der Waals surface area (Å²) in [4.78, 5) is 2.43. The molecule has 3 heterocycles. The van der Waals surface area contributed by atoms with Crippen molar-refractivity contribution in [1.82, 2.24) is 0 Å². The SMILES string of the molecule is c1ccc2c(c1)Oc1ccccc1C21c2ccccc2-c2ccc(-c3ccc(N(c4ccc(-c5ccc6sc7ccccc7c6c5)cc4)c4ccc5c(c4)C4(c6ccccc6Oc6ccccc64)c4ccccc4-5)cc3)cc21. The molecule has 0 fully saturated rings. The van der Waals surface area contributed by atoms with Crippen molar-refractivity contribution in [1.29, 1.82) is 0 Å². The number of rotatable bonds is 5. The van der Waals surface area contributed by atoms with Crippen LogP contribution in [0, 0.1) is 0 Å². The zero-order valence-corrected chi connectivity index (χ0v) is 43.0. The van der Waals surface area contributed by atoms with Crippen molar-refractivity contribution in [2.75, 3.05) is 4.90 Å². The van der Waals surface area contributed by atoms with Gasteiger partial charge in [0.2, 0.25) is 0 Å². The third-order valence-electron chi connectivity index (χ3n) is 17.2. The van der Waals surface area contributed by atoms with E-state index in [2.05, 4.69) is 278 Å². The third kappa shape index (κ3) is 5.92. The average Bonchev–Trinajstić information content (AvgIpc) is 3.20. The van der Waals surface area contributed by atoms with E-state index >= 15 is 0 Å². The fraction of sp³-hybridized carbons (Fsp3) is 0.0270. The molecule has 1 aromatic heterocycles. The average molecular weight is 1010 g/mol. The lowest BCUT2D eigenvalue weighted by atomic mass is 9.66. The van der Waals surface area contributed by atoms with E-state index in [9.17, 15) is 0 Å². The monoisotopic (exact) mass is 1010 g/mol. The lowest BCUT2D eigenvalue weighted by Crippen LogP contribution is -2.32. The van der Waals surface area contributed by atoms with Crippen molar-refractivity contribution in [2.45, 2.75) is 10.8 Å². The van der Waals surface area contributed by atoms with Crippen LogP contribution in [0.3, 0.4) is 0 Å². The van der Waals surface area contributed by atoms with E-state index < -0.39 is 10.8 Å². The highest BCUT2D eigenvalue weighted by Crippen LogP contribution is 2.64. The topological polar surface area (TPSA) is 21.7 Å². The summed E-state index contributed by atoms with van der Waals surface area (Å²) < 4.78 is 16.0. The van der Waals surface area contributed by atoms with E-state index in [0.29, 0.717) is 0 Å². The minimum absolute atomic E-state index is 0.546. The molecule has 12 aromatic carbocycles. The molecule has 0 saturated carbocycles. The third-order valence-corrected chi connectivity index (χ3v) is 18.4. The predicted molar refractivity (Wildman–Crippen MR) is 320 cm³/mol. The Morgan fingerprint density at radius 2 is 0.628 bits per heavy atom. The Morgan fingerprint density at radius 3 is 1.17 bits per heavy atom. The van der Waals surface area contributed by atoms with Gasteiger partial charge in [0.25, 0.3) is 0 Å². The van der Waals surface area contributed by atoms with Crippen molar-refractivity contribution < 1.29 is 9.47 Å². The number of hydrogen-bond acceptors (Lipinski definition) is 4. The van der Waals surface area contributed by atoms with Gasteiger partial charge in [-0.05, 0) is 152 Å². The number of thiophene rings is 1. The van der Waals surface area contributed by atoms with Crippen LogP contribution in [0.4, 0.5) is 17.1 Å². The maximum Gasteiger partial charge on any atom is 0.132 e. The molecule has 17 rings (SSSR count). The fourth-order valence-electron chi connectivity index (χ4n) is 14.0. The summed E-state index contributed by atoms with van der Waals surface area (Å²) in [5.41, 5.74) is 21.4. The second-order valence-corrected chi connectivity index (χ2v) is 22.1. The summed E-state index contributed by atoms with van der Waals surface area (Å²) in [6.45, 7) is 0. The van der Waals surface area contributed by atoms with Crippen LogP contribution in [0.2, 0.25) is 0 Å². The Hall–Kier alpha value is -9.74. The van der Waals surface area contributed by atoms with Crippen LogP contribution in [0.1, 0.15) is 44.5 Å². The molecule has 4 heteroatoms. The van der Waals surface area contributed by atoms with E-state index in [1.54, 1.807) is 0 Å². The Balaban J connectivity index is 0.831. The van der Waals surface area contributed by atoms with Crippen molar-refractivity contribution in [3.05, 3.63) is 317 Å². The van der Waals surface area contributed by atoms with Crippen molar-refractivity contribution in [3.8, 4) is 67.5 Å². The van der Waals surface area contributed by atoms with E-state index in [-0.39, 0.29) is 0 Å². The van der Waals surface area contributed by atoms with Crippen LogP contribution in [0.15, 0.2) is 273 Å². The largest absolute Gasteiger partial charge is 0.457 e. The van der Waals surface area contributed by atoms with Crippen molar-refractivity contribution in [3.63, 3.8) is 0 Å². The lowest BCUT2D eigenvalue weighted by molar-refractivity contribution is 0.436. The highest BCUT2D eigenvalue weighted by molar-refractivity contribution is 7.25. The minimum Gasteiger partial charge on any atom is -0.457 e. The maximum absolute atomic E-state index is 6.74. The Bertz CT molecular complexity index is 4550. The van der Waals surface area contributed by atoms with E-state index in [1.807, 2.05) is 11.3 Å². The molecule has 3 nitrogen and oxygen atoms in total. The first-order valence-electron chi connectivity index (χ1n) is 26.8. The molecule has 0 unspecified atom stereocenters. The zero-order valence-electron chi connectivity index (χ0n) is 42.2. The van der Waals surface area contributed by atoms with Gasteiger partial charge in [-0.3, -0.25) is 0 Å². The van der Waals surface area contributed by atoms with Gasteiger partial charge in [-0.1, -0.05) is 188 Å². The van der Waals surface area contributed by atoms with Gasteiger partial charge < -0.3 is 14.4 Å². The number of ether oxygens (including phenoxy) is 2. The second-order valence-electron chi connectivity index (χ2n) is 21.0. The van der Waals surface area contributed by atoms with Gasteiger partial charge in [0, 0.05) is 59.5 Å². The van der Waals surface area contributed by atoms with Crippen LogP contribution in [-0.2, 0) is 10.8 Å². The number of nitrogens with zero attached hydrogens (tertiary/aromatic N) is 1. The first-order valence-corrected chi connectivity index (χ1v) is 27.6. The number of hydrogen-bond donors (Lipinski definition) is 0. The molecule has 2 aliphatic heterocycles. The quantitative estimate of drug-likeness (QED) is 0.171. The Labute approximate surface area is 456 Å². The van der Waals surface area contributed by atoms with Gasteiger partial charge >= 0.3 is 0 Å². The molecular weight excluding hydrogens is 967 g/mol. The van der Waals surface area contributed by atoms with Gasteiger partial charge in [-0.15, -0.1) is 11.3 Å². The zero-order chi connectivity index (χ0) is 51.1. The highest BCUT2D eigenvalue weighted by Gasteiger charge is 2.52. The molecule has 2 aliphatic carbocycles. The predicted octanol–water partition coefficient (Wildman–Crippen LogP) is 19.8. The van der Waals surface area contributed by atoms with Crippen LogP contribution >= 0.6 is 11.3 Å². The molecule has 364 valence electrons. The number of anilines is 3. The molecule has 0 saturated heterocycles. The summed E-state index contributed by atoms with van der Waals surface area (Å²) in [6, 6.07) is 100. The van der Waals surface area contributed by atoms with Crippen molar-refractivity contribution in [2.24, 2.45) is 0 Å². The second kappa shape index (κ2) is 16.4. The maximum atomic E-state index is 6.74. The summed E-state index contributed by atoms with van der Waals surface area (Å²) in [7, 11) is 0. The van der Waals surface area contributed by atoms with Crippen LogP contribution in [0.5, 0.6) is 23.0 Å². The van der Waals surface area contributed by atoms with E-state index in [1.165, 1.54) is 75.8 Å². The van der Waals surface area contributed by atoms with Gasteiger partial charge in [0.1, 0.15) is 23.0 Å². The standard InChI is InChI=1S/C74H45NO2S/c1-4-18-59-53(15-1)55-40-33-49(44-65(55)73(59)61-20-6-10-24-67(61)76-68-25-11-7-21-62(68)73)47-31-37-51(38-32-47)75(50-35-29-46(30-36-50)48-34-42-72-58(43-48)57-17-3-14-28-71(57)78-72)52-39-41-56-54-16-2-5-19-60(54)74(66(56)45-52)63-22-8-12-26-69(63)77-70-27-13-9-23-64(70)74/h1-45H. The molecular formula is C74H45NO2S. The molecule has 0 amide bonds. The number of benzene rings is 12. The van der Waals surface area contributed by atoms with Gasteiger partial charge in [0.15, 0.2) is 0 Å². The normalized spacial score (nSPS) is 14.1. The van der Waals surface area contributed by atoms with Gasteiger partial charge in [0.05, 0.1) is 10.8 Å². The van der Waals surface area contributed by atoms with E-state index in [0.717, 1.165) is 73.4 Å². The molecule has 13 aromatic rings. The molecule has 0 radical (unpaired) electrons. The van der Waals surface area contributed by atoms with Crippen LogP contribution in [0.25, 0.3) is 64.7 Å². The summed E-state index contributed by atoms with van der Waals surface area (Å²) in [6.07, 6.45) is 0. The summed E-state index contributed by atoms with van der Waals surface area (Å²) in [5.74, 6) is 3.55. The van der Waals surface area contributed by atoms with Gasteiger partial charge in [-0.25, -0.2) is 0 Å². The van der Waals surface area contributed by atoms with E-state index in [4.69, 9.17) is 9.47 Å². The Morgan fingerprint density at radius 1 is 0.256 bits per heavy atom. The minimum atomic E-state index is -0.604.